The number of nitrogens with zero attached hydrogens (tertiary/aromatic N) is 2. The molecule has 0 saturated carbocycles. The predicted molar refractivity (Wildman–Crippen MR) is 85.9 cm³/mol. The van der Waals surface area contributed by atoms with Crippen LogP contribution in [0.5, 0.6) is 0 Å². The van der Waals surface area contributed by atoms with Gasteiger partial charge in [0.2, 0.25) is 0 Å². The van der Waals surface area contributed by atoms with Crippen molar-refractivity contribution in [3.63, 3.8) is 0 Å². The molecule has 3 rings (SSSR count). The maximum atomic E-state index is 12.5. The molecular formula is C18H13F3N2O. The number of pyridine rings is 1. The van der Waals surface area contributed by atoms with E-state index in [0.29, 0.717) is 5.69 Å². The summed E-state index contributed by atoms with van der Waals surface area (Å²) in [7, 11) is 1.57. The van der Waals surface area contributed by atoms with E-state index >= 15 is 0 Å². The van der Waals surface area contributed by atoms with E-state index in [1.54, 1.807) is 13.1 Å². The van der Waals surface area contributed by atoms with Crippen molar-refractivity contribution >= 4 is 22.4 Å². The highest BCUT2D eigenvalue weighted by Gasteiger charge is 2.32. The molecule has 0 N–H and O–H groups in total. The molecule has 122 valence electrons. The number of carbonyl (C=O) groups is 1. The SMILES string of the molecule is CN(C(=O)c1ccc(C(F)(F)F)nc1)c1ccc2ccccc2c1. The van der Waals surface area contributed by atoms with Crippen LogP contribution in [0.15, 0.2) is 60.8 Å². The van der Waals surface area contributed by atoms with Gasteiger partial charge in [0.05, 0.1) is 5.56 Å². The van der Waals surface area contributed by atoms with Crippen LogP contribution >= 0.6 is 0 Å². The number of hydrogen-bond donors (Lipinski definition) is 0. The summed E-state index contributed by atoms with van der Waals surface area (Å²) in [6.07, 6.45) is -3.57. The number of carbonyl (C=O) groups excluding carboxylic acids is 1. The maximum absolute atomic E-state index is 12.5. The van der Waals surface area contributed by atoms with Crippen LogP contribution in [0.2, 0.25) is 0 Å². The second-order valence-corrected chi connectivity index (χ2v) is 5.33. The quantitative estimate of drug-likeness (QED) is 0.692. The van der Waals surface area contributed by atoms with E-state index in [0.717, 1.165) is 29.1 Å². The molecule has 0 bridgehead atoms. The molecule has 0 atom stereocenters. The lowest BCUT2D eigenvalue weighted by Crippen LogP contribution is -2.26. The van der Waals surface area contributed by atoms with Crippen LogP contribution in [0.3, 0.4) is 0 Å². The largest absolute Gasteiger partial charge is 0.433 e. The van der Waals surface area contributed by atoms with E-state index in [1.807, 2.05) is 36.4 Å². The third kappa shape index (κ3) is 3.08. The van der Waals surface area contributed by atoms with Crippen molar-refractivity contribution in [3.05, 3.63) is 72.1 Å². The van der Waals surface area contributed by atoms with Crippen molar-refractivity contribution in [2.75, 3.05) is 11.9 Å². The number of aromatic nitrogens is 1. The van der Waals surface area contributed by atoms with Crippen molar-refractivity contribution in [2.24, 2.45) is 0 Å². The molecule has 0 unspecified atom stereocenters. The highest BCUT2D eigenvalue weighted by molar-refractivity contribution is 6.06. The molecule has 0 spiro atoms. The molecule has 0 aliphatic carbocycles. The fraction of sp³-hybridized carbons (Fsp3) is 0.111. The van der Waals surface area contributed by atoms with E-state index in [1.165, 1.54) is 4.90 Å². The third-order valence-electron chi connectivity index (χ3n) is 3.73. The number of amides is 1. The molecule has 0 fully saturated rings. The average Bonchev–Trinajstić information content (AvgIpc) is 2.59. The molecule has 0 aliphatic rings. The average molecular weight is 330 g/mol. The van der Waals surface area contributed by atoms with E-state index < -0.39 is 17.8 Å². The van der Waals surface area contributed by atoms with Crippen LogP contribution in [-0.2, 0) is 6.18 Å². The topological polar surface area (TPSA) is 33.2 Å². The monoisotopic (exact) mass is 330 g/mol. The van der Waals surface area contributed by atoms with Crippen molar-refractivity contribution < 1.29 is 18.0 Å². The van der Waals surface area contributed by atoms with Gasteiger partial charge in [-0.25, -0.2) is 0 Å². The molecule has 1 aromatic heterocycles. The number of hydrogen-bond acceptors (Lipinski definition) is 2. The van der Waals surface area contributed by atoms with Gasteiger partial charge in [-0.3, -0.25) is 9.78 Å². The molecule has 0 radical (unpaired) electrons. The fourth-order valence-corrected chi connectivity index (χ4v) is 2.38. The molecule has 24 heavy (non-hydrogen) atoms. The fourth-order valence-electron chi connectivity index (χ4n) is 2.38. The first-order valence-electron chi connectivity index (χ1n) is 7.16. The summed E-state index contributed by atoms with van der Waals surface area (Å²) in [6, 6.07) is 15.2. The van der Waals surface area contributed by atoms with Gasteiger partial charge in [-0.05, 0) is 35.0 Å². The molecule has 0 saturated heterocycles. The lowest BCUT2D eigenvalue weighted by Gasteiger charge is -2.18. The molecule has 1 heterocycles. The second kappa shape index (κ2) is 5.96. The van der Waals surface area contributed by atoms with Crippen molar-refractivity contribution in [2.45, 2.75) is 6.18 Å². The summed E-state index contributed by atoms with van der Waals surface area (Å²) >= 11 is 0. The number of rotatable bonds is 2. The van der Waals surface area contributed by atoms with Crippen molar-refractivity contribution in [1.29, 1.82) is 0 Å². The van der Waals surface area contributed by atoms with Gasteiger partial charge in [0.15, 0.2) is 0 Å². The first-order valence-corrected chi connectivity index (χ1v) is 7.16. The summed E-state index contributed by atoms with van der Waals surface area (Å²) < 4.78 is 37.6. The summed E-state index contributed by atoms with van der Waals surface area (Å²) in [5, 5.41) is 2.01. The van der Waals surface area contributed by atoms with Gasteiger partial charge < -0.3 is 4.90 Å². The van der Waals surface area contributed by atoms with Crippen LogP contribution in [0.4, 0.5) is 18.9 Å². The molecule has 6 heteroatoms. The highest BCUT2D eigenvalue weighted by Crippen LogP contribution is 2.28. The lowest BCUT2D eigenvalue weighted by atomic mass is 10.1. The van der Waals surface area contributed by atoms with Gasteiger partial charge in [-0.2, -0.15) is 13.2 Å². The minimum Gasteiger partial charge on any atom is -0.311 e. The molecule has 3 nitrogen and oxygen atoms in total. The van der Waals surface area contributed by atoms with Gasteiger partial charge in [0.25, 0.3) is 5.91 Å². The summed E-state index contributed by atoms with van der Waals surface area (Å²) in [4.78, 5) is 17.2. The zero-order chi connectivity index (χ0) is 17.3. The number of benzene rings is 2. The van der Waals surface area contributed by atoms with Gasteiger partial charge >= 0.3 is 6.18 Å². The van der Waals surface area contributed by atoms with Crippen LogP contribution in [0.1, 0.15) is 16.1 Å². The Morgan fingerprint density at radius 3 is 2.33 bits per heavy atom. The Hall–Kier alpha value is -2.89. The molecule has 3 aromatic rings. The number of anilines is 1. The van der Waals surface area contributed by atoms with E-state index in [4.69, 9.17) is 0 Å². The van der Waals surface area contributed by atoms with Crippen molar-refractivity contribution in [3.8, 4) is 0 Å². The lowest BCUT2D eigenvalue weighted by molar-refractivity contribution is -0.141. The Bertz CT molecular complexity index is 889. The first-order chi connectivity index (χ1) is 11.4. The van der Waals surface area contributed by atoms with Gasteiger partial charge in [0.1, 0.15) is 5.69 Å². The number of fused-ring (bicyclic) bond motifs is 1. The van der Waals surface area contributed by atoms with Crippen LogP contribution in [-0.4, -0.2) is 17.9 Å². The second-order valence-electron chi connectivity index (χ2n) is 5.33. The Morgan fingerprint density at radius 2 is 1.71 bits per heavy atom. The zero-order valence-electron chi connectivity index (χ0n) is 12.7. The smallest absolute Gasteiger partial charge is 0.311 e. The van der Waals surface area contributed by atoms with Gasteiger partial charge in [-0.15, -0.1) is 0 Å². The highest BCUT2D eigenvalue weighted by atomic mass is 19.4. The molecular weight excluding hydrogens is 317 g/mol. The molecule has 0 aliphatic heterocycles. The van der Waals surface area contributed by atoms with E-state index in [-0.39, 0.29) is 5.56 Å². The minimum atomic E-state index is -4.52. The number of halogens is 3. The van der Waals surface area contributed by atoms with Crippen molar-refractivity contribution in [1.82, 2.24) is 4.98 Å². The maximum Gasteiger partial charge on any atom is 0.433 e. The Kier molecular flexibility index (Phi) is 3.97. The van der Waals surface area contributed by atoms with E-state index in [2.05, 4.69) is 4.98 Å². The Labute approximate surface area is 136 Å². The zero-order valence-corrected chi connectivity index (χ0v) is 12.7. The van der Waals surface area contributed by atoms with Crippen LogP contribution in [0.25, 0.3) is 10.8 Å². The van der Waals surface area contributed by atoms with E-state index in [9.17, 15) is 18.0 Å². The van der Waals surface area contributed by atoms with Gasteiger partial charge in [-0.1, -0.05) is 30.3 Å². The summed E-state index contributed by atoms with van der Waals surface area (Å²) in [5.41, 5.74) is -0.273. The number of alkyl halides is 3. The first kappa shape index (κ1) is 16.0. The Morgan fingerprint density at radius 1 is 1.00 bits per heavy atom. The minimum absolute atomic E-state index is 0.0960. The third-order valence-corrected chi connectivity index (χ3v) is 3.73. The normalized spacial score (nSPS) is 11.5. The molecule has 1 amide bonds. The summed E-state index contributed by atoms with van der Waals surface area (Å²) in [5.74, 6) is -0.425. The summed E-state index contributed by atoms with van der Waals surface area (Å²) in [6.45, 7) is 0. The van der Waals surface area contributed by atoms with Crippen LogP contribution in [0, 0.1) is 0 Å². The van der Waals surface area contributed by atoms with Gasteiger partial charge in [0, 0.05) is 18.9 Å². The molecule has 2 aromatic carbocycles. The Balaban J connectivity index is 1.88. The van der Waals surface area contributed by atoms with Crippen LogP contribution < -0.4 is 4.90 Å². The standard InChI is InChI=1S/C18H13F3N2O/c1-23(15-8-6-12-4-2-3-5-13(12)10-15)17(24)14-7-9-16(22-11-14)18(19,20)21/h2-11H,1H3. The predicted octanol–water partition coefficient (Wildman–Crippen LogP) is 4.53.